The molecule has 0 aliphatic rings. The normalized spacial score (nSPS) is 11.1. The molecule has 0 aromatic heterocycles. The number of nitrogens with one attached hydrogen (secondary N) is 1. The Morgan fingerprint density at radius 3 is 2.36 bits per heavy atom. The third-order valence-corrected chi connectivity index (χ3v) is 5.83. The average Bonchev–Trinajstić information content (AvgIpc) is 2.52. The minimum atomic E-state index is -5.56. The van der Waals surface area contributed by atoms with Gasteiger partial charge in [0.2, 0.25) is 0 Å². The molecule has 0 radical (unpaired) electrons. The van der Waals surface area contributed by atoms with Gasteiger partial charge in [-0.1, -0.05) is 0 Å². The molecule has 0 fully saturated rings. The number of hydrogen-bond donors (Lipinski definition) is 4. The van der Waals surface area contributed by atoms with E-state index in [0.29, 0.717) is 11.1 Å². The Bertz CT molecular complexity index is 1030. The first-order valence-corrected chi connectivity index (χ1v) is 11.3. The third-order valence-electron chi connectivity index (χ3n) is 3.74. The summed E-state index contributed by atoms with van der Waals surface area (Å²) in [5.74, 6) is -1.89. The van der Waals surface area contributed by atoms with Crippen LogP contribution in [0.5, 0.6) is 5.75 Å². The van der Waals surface area contributed by atoms with Crippen molar-refractivity contribution in [1.82, 2.24) is 0 Å². The number of benzene rings is 2. The molecule has 4 N–H and O–H groups in total. The number of Topliss-reactive ketones (excluding diaryl/α,β-unsaturated/α-hetero) is 1. The Hall–Kier alpha value is -2.94. The van der Waals surface area contributed by atoms with E-state index < -0.39 is 40.9 Å². The van der Waals surface area contributed by atoms with Crippen LogP contribution in [0.3, 0.4) is 0 Å². The number of amides is 1. The summed E-state index contributed by atoms with van der Waals surface area (Å²) in [5.41, 5.74) is 0.0110. The van der Waals surface area contributed by atoms with Crippen molar-refractivity contribution in [3.8, 4) is 5.75 Å². The van der Waals surface area contributed by atoms with Gasteiger partial charge in [-0.25, -0.2) is 0 Å². The first-order chi connectivity index (χ1) is 12.9. The van der Waals surface area contributed by atoms with Crippen molar-refractivity contribution in [1.29, 1.82) is 0 Å². The molecular weight excluding hydrogens is 435 g/mol. The molecule has 2 aromatic carbocycles. The second-order valence-corrected chi connectivity index (χ2v) is 9.44. The molecule has 2 aromatic rings. The molecule has 0 bridgehead atoms. The second-order valence-electron chi connectivity index (χ2n) is 6.15. The molecule has 10 nitrogen and oxygen atoms in total. The quantitative estimate of drug-likeness (QED) is 0.213. The summed E-state index contributed by atoms with van der Waals surface area (Å²) in [6.45, 7) is 2.74. The maximum absolute atomic E-state index is 12.6. The number of carbonyl (C=O) groups excluding carboxylic acids is 2. The molecule has 0 aliphatic carbocycles. The van der Waals surface area contributed by atoms with Gasteiger partial charge in [-0.2, -0.15) is 0 Å². The Balaban J connectivity index is 2.47. The van der Waals surface area contributed by atoms with Crippen molar-refractivity contribution in [2.75, 3.05) is 5.32 Å². The summed E-state index contributed by atoms with van der Waals surface area (Å²) in [4.78, 5) is 34.2. The van der Waals surface area contributed by atoms with Gasteiger partial charge in [0.05, 0.1) is 0 Å². The van der Waals surface area contributed by atoms with E-state index in [0.717, 1.165) is 19.1 Å². The monoisotopic (exact) mass is 452 g/mol. The number of nitrogens with zero attached hydrogens (tertiary/aromatic N) is 1. The summed E-state index contributed by atoms with van der Waals surface area (Å²) >= 11 is -5.56. The molecule has 28 heavy (non-hydrogen) atoms. The Labute approximate surface area is 162 Å². The predicted molar refractivity (Wildman–Crippen MR) is 98.8 cm³/mol. The van der Waals surface area contributed by atoms with E-state index in [2.05, 4.69) is 5.32 Å². The van der Waals surface area contributed by atoms with Crippen molar-refractivity contribution in [2.24, 2.45) is 0 Å². The van der Waals surface area contributed by atoms with E-state index in [9.17, 15) is 36.7 Å². The van der Waals surface area contributed by atoms with Crippen molar-refractivity contribution in [3.63, 3.8) is 0 Å². The first kappa shape index (κ1) is 21.4. The number of phenolic OH excluding ortho intramolecular Hbond substituents is 1. The number of aromatic hydroxyl groups is 1. The number of hydrogen-bond acceptors (Lipinski definition) is 6. The Morgan fingerprint density at radius 2 is 1.82 bits per heavy atom. The zero-order valence-corrected chi connectivity index (χ0v) is 16.7. The van der Waals surface area contributed by atoms with Gasteiger partial charge in [-0.05, 0) is 0 Å². The van der Waals surface area contributed by atoms with Crippen LogP contribution in [0.25, 0.3) is 0 Å². The number of rotatable bonds is 6. The predicted octanol–water partition coefficient (Wildman–Crippen LogP) is 0.554. The van der Waals surface area contributed by atoms with E-state index in [1.165, 1.54) is 12.1 Å². The van der Waals surface area contributed by atoms with Gasteiger partial charge >= 0.3 is 162 Å². The fourth-order valence-corrected chi connectivity index (χ4v) is 4.19. The first-order valence-electron chi connectivity index (χ1n) is 7.87. The van der Waals surface area contributed by atoms with Crippen molar-refractivity contribution < 1.29 is 31.5 Å². The fraction of sp³-hybridized carbons (Fsp3) is 0.176. The molecule has 11 heteroatoms. The molecule has 0 saturated heterocycles. The van der Waals surface area contributed by atoms with Gasteiger partial charge in [0.1, 0.15) is 0 Å². The van der Waals surface area contributed by atoms with Crippen LogP contribution in [-0.4, -0.2) is 44.1 Å². The number of carbonyl (C=O) groups is 2. The number of phenols is 1. The molecule has 1 amide bonds. The molecule has 0 atom stereocenters. The van der Waals surface area contributed by atoms with E-state index in [1.54, 1.807) is 13.0 Å². The Morgan fingerprint density at radius 1 is 1.18 bits per heavy atom. The Kier molecular flexibility index (Phi) is 6.08. The van der Waals surface area contributed by atoms with Gasteiger partial charge < -0.3 is 0 Å². The summed E-state index contributed by atoms with van der Waals surface area (Å²) in [5, 5.41) is 23.3. The number of anilines is 1. The number of nitro groups is 1. The van der Waals surface area contributed by atoms with E-state index in [-0.39, 0.29) is 23.4 Å². The van der Waals surface area contributed by atoms with Gasteiger partial charge in [0.25, 0.3) is 0 Å². The topological polar surface area (TPSA) is 167 Å². The van der Waals surface area contributed by atoms with Gasteiger partial charge in [-0.3, -0.25) is 0 Å². The summed E-state index contributed by atoms with van der Waals surface area (Å²) in [6.07, 6.45) is -0.330. The summed E-state index contributed by atoms with van der Waals surface area (Å²) in [6, 6.07) is 5.83. The molecule has 2 rings (SSSR count). The van der Waals surface area contributed by atoms with Crippen LogP contribution < -0.4 is 9.67 Å². The average molecular weight is 452 g/mol. The van der Waals surface area contributed by atoms with Crippen LogP contribution in [0.4, 0.5) is 11.4 Å². The molecule has 148 valence electrons. The van der Waals surface area contributed by atoms with Gasteiger partial charge in [0.15, 0.2) is 0 Å². The van der Waals surface area contributed by atoms with Crippen LogP contribution >= 0.6 is 0 Å². The van der Waals surface area contributed by atoms with Crippen molar-refractivity contribution in [2.45, 2.75) is 20.3 Å². The second kappa shape index (κ2) is 7.97. The molecular formula is C17H17AsN2O8. The van der Waals surface area contributed by atoms with Crippen molar-refractivity contribution in [3.05, 3.63) is 57.1 Å². The standard InChI is InChI=1S/C17H17AsN2O8/c1-9-3-11(5-12(4-9)20(27)28)6-16(22)13-7-14(18(24,25)26)15(8-17(13)23)19-10(2)21/h3-5,7-8,23H,6H2,1-2H3,(H,19,21)(H2,24,25,26). The zero-order chi connectivity index (χ0) is 21.2. The fourth-order valence-electron chi connectivity index (χ4n) is 2.66. The zero-order valence-electron chi connectivity index (χ0n) is 14.9. The summed E-state index contributed by atoms with van der Waals surface area (Å²) in [7, 11) is 0. The number of nitro benzene ring substituents is 1. The van der Waals surface area contributed by atoms with Crippen LogP contribution in [-0.2, 0) is 15.0 Å². The van der Waals surface area contributed by atoms with Crippen LogP contribution in [0.2, 0.25) is 0 Å². The maximum atomic E-state index is 12.6. The van der Waals surface area contributed by atoms with Gasteiger partial charge in [0, 0.05) is 0 Å². The van der Waals surface area contributed by atoms with Crippen LogP contribution in [0.15, 0.2) is 30.3 Å². The minimum absolute atomic E-state index is 0.202. The molecule has 0 saturated carbocycles. The third kappa shape index (κ3) is 5.07. The van der Waals surface area contributed by atoms with E-state index in [4.69, 9.17) is 0 Å². The number of ketones is 1. The van der Waals surface area contributed by atoms with E-state index in [1.807, 2.05) is 0 Å². The molecule has 0 spiro atoms. The SMILES string of the molecule is CC(=O)Nc1cc(O)c(C(=O)Cc2cc(C)cc([N+](=O)[O-])c2)cc1[As](=O)(O)O. The van der Waals surface area contributed by atoms with Crippen LogP contribution in [0.1, 0.15) is 28.4 Å². The molecule has 0 heterocycles. The van der Waals surface area contributed by atoms with Crippen molar-refractivity contribution >= 4 is 41.6 Å². The van der Waals surface area contributed by atoms with Crippen LogP contribution in [0, 0.1) is 17.0 Å². The number of aryl methyl sites for hydroxylation is 1. The molecule has 0 unspecified atom stereocenters. The van der Waals surface area contributed by atoms with E-state index >= 15 is 0 Å². The number of non-ortho nitro benzene ring substituents is 1. The van der Waals surface area contributed by atoms with Gasteiger partial charge in [-0.15, -0.1) is 0 Å². The molecule has 0 aliphatic heterocycles. The summed E-state index contributed by atoms with van der Waals surface area (Å²) < 4.78 is 30.3.